The first-order valence-corrected chi connectivity index (χ1v) is 8.19. The van der Waals surface area contributed by atoms with Crippen LogP contribution < -0.4 is 10.1 Å². The lowest BCUT2D eigenvalue weighted by molar-refractivity contribution is -0.119. The predicted octanol–water partition coefficient (Wildman–Crippen LogP) is 3.25. The Morgan fingerprint density at radius 3 is 2.71 bits per heavy atom. The number of thiophene rings is 1. The summed E-state index contributed by atoms with van der Waals surface area (Å²) in [5.74, 6) is 0.563. The molecule has 110 valence electrons. The molecule has 0 atom stereocenters. The van der Waals surface area contributed by atoms with E-state index >= 15 is 0 Å². The highest BCUT2D eigenvalue weighted by atomic mass is 127. The molecule has 1 amide bonds. The van der Waals surface area contributed by atoms with E-state index in [0.717, 1.165) is 8.45 Å². The van der Waals surface area contributed by atoms with Crippen LogP contribution in [0.3, 0.4) is 0 Å². The van der Waals surface area contributed by atoms with Crippen molar-refractivity contribution in [3.8, 4) is 5.75 Å². The molecule has 0 aliphatic carbocycles. The Bertz CT molecular complexity index is 654. The molecule has 1 N–H and O–H groups in total. The van der Waals surface area contributed by atoms with Crippen molar-refractivity contribution in [3.05, 3.63) is 49.7 Å². The van der Waals surface area contributed by atoms with Crippen LogP contribution in [0.4, 0.5) is 0 Å². The Morgan fingerprint density at radius 2 is 2.00 bits per heavy atom. The number of benzene rings is 1. The molecule has 1 heterocycles. The summed E-state index contributed by atoms with van der Waals surface area (Å²) >= 11 is 3.55. The first-order chi connectivity index (χ1) is 10.1. The summed E-state index contributed by atoms with van der Waals surface area (Å²) in [7, 11) is 0. The molecule has 6 heteroatoms. The number of amides is 1. The molecule has 1 aromatic heterocycles. The molecule has 0 saturated heterocycles. The number of hydrogen-bond acceptors (Lipinski definition) is 4. The molecular weight excluding hydrogens is 401 g/mol. The van der Waals surface area contributed by atoms with Crippen molar-refractivity contribution < 1.29 is 14.3 Å². The molecule has 4 nitrogen and oxygen atoms in total. The van der Waals surface area contributed by atoms with E-state index in [1.807, 2.05) is 30.3 Å². The number of hydrogen-bond donors (Lipinski definition) is 1. The number of carbonyl (C=O) groups is 2. The number of nitrogens with one attached hydrogen (secondary N) is 1. The van der Waals surface area contributed by atoms with Gasteiger partial charge in [0.15, 0.2) is 6.61 Å². The Balaban J connectivity index is 1.92. The molecule has 0 bridgehead atoms. The Morgan fingerprint density at radius 1 is 1.24 bits per heavy atom. The molecule has 21 heavy (non-hydrogen) atoms. The van der Waals surface area contributed by atoms with Gasteiger partial charge in [-0.05, 0) is 46.9 Å². The fraction of sp³-hybridized carbons (Fsp3) is 0.200. The molecule has 2 rings (SSSR count). The molecule has 0 aliphatic rings. The van der Waals surface area contributed by atoms with Gasteiger partial charge >= 0.3 is 0 Å². The average Bonchev–Trinajstić information content (AvgIpc) is 2.93. The lowest BCUT2D eigenvalue weighted by atomic mass is 10.3. The molecule has 0 unspecified atom stereocenters. The topological polar surface area (TPSA) is 55.4 Å². The van der Waals surface area contributed by atoms with Gasteiger partial charge in [0.25, 0.3) is 0 Å². The second-order valence-electron chi connectivity index (χ2n) is 4.32. The van der Waals surface area contributed by atoms with Crippen LogP contribution in [0.2, 0.25) is 0 Å². The molecule has 0 radical (unpaired) electrons. The minimum atomic E-state index is -0.0849. The maximum atomic E-state index is 12.1. The third-order valence-corrected chi connectivity index (χ3v) is 4.66. The summed E-state index contributed by atoms with van der Waals surface area (Å²) in [6.45, 7) is 1.93. The van der Waals surface area contributed by atoms with Gasteiger partial charge in [-0.3, -0.25) is 9.59 Å². The van der Waals surface area contributed by atoms with Crippen molar-refractivity contribution in [2.45, 2.75) is 13.5 Å². The highest BCUT2D eigenvalue weighted by Crippen LogP contribution is 2.21. The number of rotatable bonds is 6. The zero-order valence-corrected chi connectivity index (χ0v) is 14.4. The smallest absolute Gasteiger partial charge is 0.217 e. The van der Waals surface area contributed by atoms with Gasteiger partial charge in [-0.2, -0.15) is 0 Å². The standard InChI is InChI=1S/C15H14INO3S/c1-10(18)17-8-11-6-7-15(21-11)13(19)9-20-14-5-3-2-4-12(14)16/h2-7H,8-9H2,1H3,(H,17,18). The number of ketones is 1. The van der Waals surface area contributed by atoms with Gasteiger partial charge in [0, 0.05) is 11.8 Å². The molecular formula is C15H14INO3S. The fourth-order valence-electron chi connectivity index (χ4n) is 1.61. The molecule has 0 aliphatic heterocycles. The van der Waals surface area contributed by atoms with Crippen molar-refractivity contribution in [3.63, 3.8) is 0 Å². The van der Waals surface area contributed by atoms with E-state index in [1.54, 1.807) is 6.07 Å². The molecule has 1 aromatic carbocycles. The first kappa shape index (κ1) is 16.0. The van der Waals surface area contributed by atoms with E-state index in [9.17, 15) is 9.59 Å². The normalized spacial score (nSPS) is 10.2. The van der Waals surface area contributed by atoms with Gasteiger partial charge < -0.3 is 10.1 Å². The molecule has 0 saturated carbocycles. The number of halogens is 1. The average molecular weight is 415 g/mol. The van der Waals surface area contributed by atoms with E-state index in [2.05, 4.69) is 27.9 Å². The van der Waals surface area contributed by atoms with Crippen molar-refractivity contribution in [2.75, 3.05) is 6.61 Å². The summed E-state index contributed by atoms with van der Waals surface area (Å²) in [6.07, 6.45) is 0. The second kappa shape index (κ2) is 7.56. The summed E-state index contributed by atoms with van der Waals surface area (Å²) < 4.78 is 6.51. The number of carbonyl (C=O) groups excluding carboxylic acids is 2. The molecule has 0 spiro atoms. The second-order valence-corrected chi connectivity index (χ2v) is 6.65. The Kier molecular flexibility index (Phi) is 5.75. The lowest BCUT2D eigenvalue weighted by Gasteiger charge is -2.06. The maximum Gasteiger partial charge on any atom is 0.217 e. The number of ether oxygens (including phenoxy) is 1. The summed E-state index contributed by atoms with van der Waals surface area (Å²) in [4.78, 5) is 24.5. The van der Waals surface area contributed by atoms with Crippen molar-refractivity contribution in [2.24, 2.45) is 0 Å². The van der Waals surface area contributed by atoms with Crippen LogP contribution in [0.5, 0.6) is 5.75 Å². The molecule has 0 fully saturated rings. The van der Waals surface area contributed by atoms with Crippen molar-refractivity contribution in [1.29, 1.82) is 0 Å². The summed E-state index contributed by atoms with van der Waals surface area (Å²) in [5.41, 5.74) is 0. The van der Waals surface area contributed by atoms with Crippen molar-refractivity contribution >= 4 is 45.6 Å². The van der Waals surface area contributed by atoms with Crippen LogP contribution >= 0.6 is 33.9 Å². The van der Waals surface area contributed by atoms with Crippen LogP contribution in [0.1, 0.15) is 21.5 Å². The zero-order chi connectivity index (χ0) is 15.2. The maximum absolute atomic E-state index is 12.1. The summed E-state index contributed by atoms with van der Waals surface area (Å²) in [6, 6.07) is 11.2. The SMILES string of the molecule is CC(=O)NCc1ccc(C(=O)COc2ccccc2I)s1. The number of Topliss-reactive ketones (excluding diaryl/α,β-unsaturated/α-hetero) is 1. The van der Waals surface area contributed by atoms with E-state index in [0.29, 0.717) is 17.2 Å². The van der Waals surface area contributed by atoms with Gasteiger partial charge in [0.1, 0.15) is 5.75 Å². The zero-order valence-electron chi connectivity index (χ0n) is 11.4. The summed E-state index contributed by atoms with van der Waals surface area (Å²) in [5, 5.41) is 2.71. The largest absolute Gasteiger partial charge is 0.484 e. The predicted molar refractivity (Wildman–Crippen MR) is 90.8 cm³/mol. The van der Waals surface area contributed by atoms with Crippen LogP contribution in [-0.4, -0.2) is 18.3 Å². The van der Waals surface area contributed by atoms with E-state index < -0.39 is 0 Å². The van der Waals surface area contributed by atoms with Crippen molar-refractivity contribution in [1.82, 2.24) is 5.32 Å². The highest BCUT2D eigenvalue weighted by molar-refractivity contribution is 14.1. The third-order valence-electron chi connectivity index (χ3n) is 2.64. The van der Waals surface area contributed by atoms with Gasteiger partial charge in [-0.15, -0.1) is 11.3 Å². The molecule has 2 aromatic rings. The Hall–Kier alpha value is -1.41. The minimum absolute atomic E-state index is 0.0140. The van der Waals surface area contributed by atoms with Gasteiger partial charge in [-0.25, -0.2) is 0 Å². The fourth-order valence-corrected chi connectivity index (χ4v) is 3.03. The number of para-hydroxylation sites is 1. The van der Waals surface area contributed by atoms with Gasteiger partial charge in [0.2, 0.25) is 11.7 Å². The first-order valence-electron chi connectivity index (χ1n) is 6.30. The monoisotopic (exact) mass is 415 g/mol. The Labute approximate surface area is 140 Å². The van der Waals surface area contributed by atoms with E-state index in [4.69, 9.17) is 4.74 Å². The highest BCUT2D eigenvalue weighted by Gasteiger charge is 2.11. The van der Waals surface area contributed by atoms with E-state index in [1.165, 1.54) is 18.3 Å². The third kappa shape index (κ3) is 4.82. The van der Waals surface area contributed by atoms with Gasteiger partial charge in [-0.1, -0.05) is 12.1 Å². The quantitative estimate of drug-likeness (QED) is 0.582. The lowest BCUT2D eigenvalue weighted by Crippen LogP contribution is -2.18. The van der Waals surface area contributed by atoms with E-state index in [-0.39, 0.29) is 18.3 Å². The van der Waals surface area contributed by atoms with Crippen LogP contribution in [0.25, 0.3) is 0 Å². The van der Waals surface area contributed by atoms with Crippen LogP contribution in [0.15, 0.2) is 36.4 Å². The van der Waals surface area contributed by atoms with Crippen LogP contribution in [0, 0.1) is 3.57 Å². The van der Waals surface area contributed by atoms with Gasteiger partial charge in [0.05, 0.1) is 15.0 Å². The minimum Gasteiger partial charge on any atom is -0.484 e. The van der Waals surface area contributed by atoms with Crippen LogP contribution in [-0.2, 0) is 11.3 Å².